The van der Waals surface area contributed by atoms with E-state index in [2.05, 4.69) is 46.7 Å². The molecule has 1 aromatic heterocycles. The van der Waals surface area contributed by atoms with Crippen LogP contribution in [0.4, 0.5) is 5.69 Å². The van der Waals surface area contributed by atoms with Crippen LogP contribution in [0.1, 0.15) is 13.3 Å². The maximum Gasteiger partial charge on any atom is 0.163 e. The second-order valence-corrected chi connectivity index (χ2v) is 6.54. The minimum atomic E-state index is 0.578. The Labute approximate surface area is 117 Å². The van der Waals surface area contributed by atoms with E-state index in [0.29, 0.717) is 6.04 Å². The van der Waals surface area contributed by atoms with Gasteiger partial charge in [-0.05, 0) is 18.6 Å². The largest absolute Gasteiger partial charge is 0.381 e. The molecule has 1 aromatic carbocycles. The van der Waals surface area contributed by atoms with Gasteiger partial charge < -0.3 is 9.88 Å². The molecule has 19 heavy (non-hydrogen) atoms. The van der Waals surface area contributed by atoms with Crippen LogP contribution < -0.4 is 5.32 Å². The van der Waals surface area contributed by atoms with Gasteiger partial charge in [-0.2, -0.15) is 11.8 Å². The van der Waals surface area contributed by atoms with E-state index < -0.39 is 0 Å². The Morgan fingerprint density at radius 3 is 3.00 bits per heavy atom. The van der Waals surface area contributed by atoms with Crippen LogP contribution in [0.3, 0.4) is 0 Å². The number of nitrogens with one attached hydrogen (secondary N) is 1. The third kappa shape index (κ3) is 2.76. The fourth-order valence-electron chi connectivity index (χ4n) is 2.45. The molecule has 0 bridgehead atoms. The number of anilines is 1. The third-order valence-electron chi connectivity index (χ3n) is 3.40. The van der Waals surface area contributed by atoms with Gasteiger partial charge in [-0.3, -0.25) is 0 Å². The average Bonchev–Trinajstić information content (AvgIpc) is 2.99. The highest BCUT2D eigenvalue weighted by Crippen LogP contribution is 2.29. The van der Waals surface area contributed by atoms with E-state index in [-0.39, 0.29) is 0 Å². The summed E-state index contributed by atoms with van der Waals surface area (Å²) in [4.78, 5) is 0. The van der Waals surface area contributed by atoms with Gasteiger partial charge in [-0.25, -0.2) is 0 Å². The predicted octanol–water partition coefficient (Wildman–Crippen LogP) is 2.79. The van der Waals surface area contributed by atoms with Crippen LogP contribution in [0.2, 0.25) is 0 Å². The van der Waals surface area contributed by atoms with Gasteiger partial charge in [-0.15, -0.1) is 10.2 Å². The molecule has 1 aliphatic heterocycles. The van der Waals surface area contributed by atoms with Crippen molar-refractivity contribution in [1.29, 1.82) is 0 Å². The molecule has 0 amide bonds. The Kier molecular flexibility index (Phi) is 3.46. The summed E-state index contributed by atoms with van der Waals surface area (Å²) in [5.74, 6) is 2.09. The number of nitrogens with zero attached hydrogens (tertiary/aromatic N) is 3. The quantitative estimate of drug-likeness (QED) is 0.934. The zero-order chi connectivity index (χ0) is 13.2. The summed E-state index contributed by atoms with van der Waals surface area (Å²) in [7, 11) is 1.96. The van der Waals surface area contributed by atoms with Gasteiger partial charge in [0.05, 0.1) is 0 Å². The van der Waals surface area contributed by atoms with E-state index in [4.69, 9.17) is 0 Å². The number of hydrogen-bond acceptors (Lipinski definition) is 4. The SMILES string of the molecule is CC1CC(Nc2cccc(-c3nncn3C)c2)CS1. The maximum atomic E-state index is 4.15. The second kappa shape index (κ2) is 5.25. The molecule has 4 nitrogen and oxygen atoms in total. The topological polar surface area (TPSA) is 42.7 Å². The fraction of sp³-hybridized carbons (Fsp3) is 0.429. The minimum absolute atomic E-state index is 0.578. The van der Waals surface area contributed by atoms with Crippen LogP contribution in [-0.4, -0.2) is 31.8 Å². The predicted molar refractivity (Wildman–Crippen MR) is 80.4 cm³/mol. The van der Waals surface area contributed by atoms with E-state index >= 15 is 0 Å². The molecule has 5 heteroatoms. The molecule has 1 saturated heterocycles. The highest BCUT2D eigenvalue weighted by Gasteiger charge is 2.21. The lowest BCUT2D eigenvalue weighted by Gasteiger charge is -2.14. The minimum Gasteiger partial charge on any atom is -0.381 e. The Bertz CT molecular complexity index is 566. The molecular formula is C14H18N4S. The molecule has 2 heterocycles. The van der Waals surface area contributed by atoms with Gasteiger partial charge in [0.2, 0.25) is 0 Å². The van der Waals surface area contributed by atoms with Crippen molar-refractivity contribution in [1.82, 2.24) is 14.8 Å². The van der Waals surface area contributed by atoms with E-state index in [0.717, 1.165) is 16.6 Å². The molecule has 2 atom stereocenters. The van der Waals surface area contributed by atoms with Crippen molar-refractivity contribution < 1.29 is 0 Å². The molecule has 0 saturated carbocycles. The van der Waals surface area contributed by atoms with Crippen molar-refractivity contribution >= 4 is 17.4 Å². The normalized spacial score (nSPS) is 22.6. The van der Waals surface area contributed by atoms with Gasteiger partial charge in [0, 0.05) is 35.3 Å². The van der Waals surface area contributed by atoms with Gasteiger partial charge >= 0.3 is 0 Å². The van der Waals surface area contributed by atoms with Crippen LogP contribution in [0.25, 0.3) is 11.4 Å². The monoisotopic (exact) mass is 274 g/mol. The highest BCUT2D eigenvalue weighted by molar-refractivity contribution is 8.00. The van der Waals surface area contributed by atoms with Crippen molar-refractivity contribution in [3.05, 3.63) is 30.6 Å². The van der Waals surface area contributed by atoms with Gasteiger partial charge in [0.25, 0.3) is 0 Å². The van der Waals surface area contributed by atoms with Gasteiger partial charge in [-0.1, -0.05) is 19.1 Å². The summed E-state index contributed by atoms with van der Waals surface area (Å²) in [5.41, 5.74) is 2.27. The van der Waals surface area contributed by atoms with Crippen LogP contribution in [0.5, 0.6) is 0 Å². The zero-order valence-electron chi connectivity index (χ0n) is 11.2. The average molecular weight is 274 g/mol. The Morgan fingerprint density at radius 2 is 2.32 bits per heavy atom. The van der Waals surface area contributed by atoms with Crippen molar-refractivity contribution in [2.45, 2.75) is 24.6 Å². The molecule has 0 aliphatic carbocycles. The van der Waals surface area contributed by atoms with Crippen molar-refractivity contribution in [3.8, 4) is 11.4 Å². The summed E-state index contributed by atoms with van der Waals surface area (Å²) in [6.45, 7) is 2.29. The molecule has 0 radical (unpaired) electrons. The van der Waals surface area contributed by atoms with Crippen LogP contribution in [0.15, 0.2) is 30.6 Å². The molecule has 2 unspecified atom stereocenters. The summed E-state index contributed by atoms with van der Waals surface area (Å²) in [6, 6.07) is 8.99. The Balaban J connectivity index is 1.79. The molecular weight excluding hydrogens is 256 g/mol. The molecule has 1 aliphatic rings. The first kappa shape index (κ1) is 12.5. The number of rotatable bonds is 3. The van der Waals surface area contributed by atoms with Crippen molar-refractivity contribution in [2.24, 2.45) is 7.05 Å². The first-order valence-corrected chi connectivity index (χ1v) is 7.60. The lowest BCUT2D eigenvalue weighted by Crippen LogP contribution is -2.18. The smallest absolute Gasteiger partial charge is 0.163 e. The number of aryl methyl sites for hydroxylation is 1. The third-order valence-corrected chi connectivity index (χ3v) is 4.76. The molecule has 0 spiro atoms. The van der Waals surface area contributed by atoms with Crippen LogP contribution in [0, 0.1) is 0 Å². The molecule has 1 fully saturated rings. The van der Waals surface area contributed by atoms with Crippen LogP contribution in [-0.2, 0) is 7.05 Å². The summed E-state index contributed by atoms with van der Waals surface area (Å²) in [6.07, 6.45) is 2.96. The molecule has 3 rings (SSSR count). The summed E-state index contributed by atoms with van der Waals surface area (Å²) < 4.78 is 1.94. The molecule has 2 aromatic rings. The van der Waals surface area contributed by atoms with Gasteiger partial charge in [0.1, 0.15) is 6.33 Å². The second-order valence-electron chi connectivity index (χ2n) is 5.07. The van der Waals surface area contributed by atoms with E-state index in [1.165, 1.54) is 17.9 Å². The fourth-order valence-corrected chi connectivity index (χ4v) is 3.59. The Hall–Kier alpha value is -1.49. The lowest BCUT2D eigenvalue weighted by atomic mass is 10.1. The number of aromatic nitrogens is 3. The number of hydrogen-bond donors (Lipinski definition) is 1. The maximum absolute atomic E-state index is 4.15. The zero-order valence-corrected chi connectivity index (χ0v) is 12.0. The molecule has 100 valence electrons. The van der Waals surface area contributed by atoms with E-state index in [9.17, 15) is 0 Å². The van der Waals surface area contributed by atoms with Crippen LogP contribution >= 0.6 is 11.8 Å². The Morgan fingerprint density at radius 1 is 1.42 bits per heavy atom. The molecule has 1 N–H and O–H groups in total. The van der Waals surface area contributed by atoms with E-state index in [1.54, 1.807) is 6.33 Å². The lowest BCUT2D eigenvalue weighted by molar-refractivity contribution is 0.747. The first-order chi connectivity index (χ1) is 9.22. The summed E-state index contributed by atoms with van der Waals surface area (Å²) in [5, 5.41) is 12.5. The number of thioether (sulfide) groups is 1. The van der Waals surface area contributed by atoms with Crippen molar-refractivity contribution in [2.75, 3.05) is 11.1 Å². The first-order valence-electron chi connectivity index (χ1n) is 6.55. The van der Waals surface area contributed by atoms with Crippen molar-refractivity contribution in [3.63, 3.8) is 0 Å². The standard InChI is InChI=1S/C14H18N4S/c1-10-6-13(8-19-10)16-12-5-3-4-11(7-12)14-17-15-9-18(14)2/h3-5,7,9-10,13,16H,6,8H2,1-2H3. The summed E-state index contributed by atoms with van der Waals surface area (Å²) >= 11 is 2.04. The van der Waals surface area contributed by atoms with E-state index in [1.807, 2.05) is 23.4 Å². The number of benzene rings is 1. The highest BCUT2D eigenvalue weighted by atomic mass is 32.2. The van der Waals surface area contributed by atoms with Gasteiger partial charge in [0.15, 0.2) is 5.82 Å².